The molecule has 0 bridgehead atoms. The van der Waals surface area contributed by atoms with Crippen molar-refractivity contribution in [3.05, 3.63) is 69.1 Å². The van der Waals surface area contributed by atoms with Gasteiger partial charge in [0.25, 0.3) is 0 Å². The number of hydrogen-bond acceptors (Lipinski definition) is 6. The molecule has 3 aromatic rings. The molecule has 6 nitrogen and oxygen atoms in total. The minimum Gasteiger partial charge on any atom is -0.497 e. The fourth-order valence-electron chi connectivity index (χ4n) is 3.46. The van der Waals surface area contributed by atoms with Crippen LogP contribution in [0, 0.1) is 0 Å². The Kier molecular flexibility index (Phi) is 6.74. The molecule has 2 heterocycles. The van der Waals surface area contributed by atoms with E-state index in [1.54, 1.807) is 18.4 Å². The highest BCUT2D eigenvalue weighted by Gasteiger charge is 2.31. The second-order valence-electron chi connectivity index (χ2n) is 7.12. The molecule has 0 saturated carbocycles. The number of hydrogen-bond donors (Lipinski definition) is 0. The van der Waals surface area contributed by atoms with Gasteiger partial charge in [-0.2, -0.15) is 4.31 Å². The van der Waals surface area contributed by atoms with E-state index >= 15 is 0 Å². The van der Waals surface area contributed by atoms with Crippen LogP contribution in [-0.2, 0) is 16.4 Å². The maximum atomic E-state index is 13.0. The highest BCUT2D eigenvalue weighted by atomic mass is 35.5. The van der Waals surface area contributed by atoms with Gasteiger partial charge < -0.3 is 9.64 Å². The van der Waals surface area contributed by atoms with Gasteiger partial charge in [-0.05, 0) is 35.9 Å². The summed E-state index contributed by atoms with van der Waals surface area (Å²) in [5, 5.41) is 3.49. The van der Waals surface area contributed by atoms with Crippen LogP contribution in [0.3, 0.4) is 0 Å². The van der Waals surface area contributed by atoms with Crippen molar-refractivity contribution in [1.29, 1.82) is 0 Å². The van der Waals surface area contributed by atoms with Crippen molar-refractivity contribution in [2.24, 2.45) is 0 Å². The van der Waals surface area contributed by atoms with Gasteiger partial charge in [-0.25, -0.2) is 13.4 Å². The first-order chi connectivity index (χ1) is 14.9. The van der Waals surface area contributed by atoms with Crippen LogP contribution in [0.25, 0.3) is 0 Å². The maximum Gasteiger partial charge on any atom is 0.244 e. The molecule has 1 aromatic heterocycles. The molecule has 1 aliphatic heterocycles. The predicted octanol–water partition coefficient (Wildman–Crippen LogP) is 4.56. The Labute approximate surface area is 196 Å². The van der Waals surface area contributed by atoms with Crippen LogP contribution < -0.4 is 9.64 Å². The number of nitrogens with zero attached hydrogens (tertiary/aromatic N) is 3. The van der Waals surface area contributed by atoms with Gasteiger partial charge in [-0.3, -0.25) is 0 Å². The molecule has 10 heteroatoms. The van der Waals surface area contributed by atoms with Crippen molar-refractivity contribution in [1.82, 2.24) is 9.29 Å². The van der Waals surface area contributed by atoms with Crippen LogP contribution in [0.1, 0.15) is 11.3 Å². The number of sulfonamides is 1. The lowest BCUT2D eigenvalue weighted by atomic mass is 10.1. The van der Waals surface area contributed by atoms with Gasteiger partial charge in [-0.15, -0.1) is 11.3 Å². The molecule has 1 saturated heterocycles. The summed E-state index contributed by atoms with van der Waals surface area (Å²) in [6.07, 6.45) is 0.719. The average molecular weight is 498 g/mol. The second-order valence-corrected chi connectivity index (χ2v) is 10.7. The monoisotopic (exact) mass is 497 g/mol. The van der Waals surface area contributed by atoms with E-state index in [-0.39, 0.29) is 9.92 Å². The summed E-state index contributed by atoms with van der Waals surface area (Å²) in [7, 11) is -2.02. The zero-order valence-electron chi connectivity index (χ0n) is 16.8. The van der Waals surface area contributed by atoms with Gasteiger partial charge in [0.1, 0.15) is 10.6 Å². The van der Waals surface area contributed by atoms with E-state index in [4.69, 9.17) is 32.9 Å². The summed E-state index contributed by atoms with van der Waals surface area (Å²) in [6, 6.07) is 12.4. The lowest BCUT2D eigenvalue weighted by Gasteiger charge is -2.33. The van der Waals surface area contributed by atoms with Crippen molar-refractivity contribution < 1.29 is 13.2 Å². The van der Waals surface area contributed by atoms with Gasteiger partial charge in [0.2, 0.25) is 10.0 Å². The molecule has 0 unspecified atom stereocenters. The molecule has 0 spiro atoms. The molecule has 1 aliphatic rings. The van der Waals surface area contributed by atoms with E-state index in [9.17, 15) is 8.42 Å². The molecule has 0 N–H and O–H groups in total. The number of ether oxygens (including phenoxy) is 1. The van der Waals surface area contributed by atoms with Gasteiger partial charge >= 0.3 is 0 Å². The van der Waals surface area contributed by atoms with E-state index in [0.717, 1.165) is 28.6 Å². The quantitative estimate of drug-likeness (QED) is 0.499. The molecule has 164 valence electrons. The molecular formula is C21H21Cl2N3O3S2. The van der Waals surface area contributed by atoms with Crippen molar-refractivity contribution in [3.8, 4) is 5.75 Å². The maximum absolute atomic E-state index is 13.0. The number of aromatic nitrogens is 1. The van der Waals surface area contributed by atoms with Crippen LogP contribution >= 0.6 is 34.5 Å². The Hall–Kier alpha value is -1.84. The smallest absolute Gasteiger partial charge is 0.244 e. The molecule has 0 radical (unpaired) electrons. The number of rotatable bonds is 6. The lowest BCUT2D eigenvalue weighted by Crippen LogP contribution is -2.48. The minimum atomic E-state index is -3.67. The molecular weight excluding hydrogens is 477 g/mol. The Morgan fingerprint density at radius 2 is 1.87 bits per heavy atom. The fourth-order valence-corrected chi connectivity index (χ4v) is 6.51. The third-order valence-corrected chi connectivity index (χ3v) is 8.65. The molecule has 4 rings (SSSR count). The Bertz CT molecular complexity index is 1180. The zero-order valence-corrected chi connectivity index (χ0v) is 19.9. The number of halogens is 2. The van der Waals surface area contributed by atoms with Crippen molar-refractivity contribution >= 4 is 49.7 Å². The molecule has 1 fully saturated rings. The first kappa shape index (κ1) is 22.4. The van der Waals surface area contributed by atoms with E-state index in [1.165, 1.54) is 22.5 Å². The van der Waals surface area contributed by atoms with Crippen LogP contribution in [0.5, 0.6) is 5.75 Å². The Morgan fingerprint density at radius 1 is 1.10 bits per heavy atom. The van der Waals surface area contributed by atoms with Crippen LogP contribution in [0.15, 0.2) is 52.7 Å². The van der Waals surface area contributed by atoms with E-state index < -0.39 is 10.0 Å². The molecule has 0 aliphatic carbocycles. The third-order valence-electron chi connectivity index (χ3n) is 5.08. The summed E-state index contributed by atoms with van der Waals surface area (Å²) in [5.74, 6) is 0.825. The first-order valence-corrected chi connectivity index (χ1v) is 12.7. The number of methoxy groups -OCH3 is 1. The van der Waals surface area contributed by atoms with Gasteiger partial charge in [0.05, 0.1) is 17.8 Å². The summed E-state index contributed by atoms with van der Waals surface area (Å²) in [5.41, 5.74) is 2.11. The van der Waals surface area contributed by atoms with Crippen LogP contribution in [0.4, 0.5) is 5.13 Å². The SMILES string of the molecule is COc1cccc(Cc2csc(N3CCN(S(=O)(=O)c4ccc(Cl)cc4Cl)CC3)n2)c1. The minimum absolute atomic E-state index is 0.0850. The van der Waals surface area contributed by atoms with E-state index in [1.807, 2.05) is 29.6 Å². The number of piperazine rings is 1. The Balaban J connectivity index is 1.41. The number of benzene rings is 2. The summed E-state index contributed by atoms with van der Waals surface area (Å²) >= 11 is 13.6. The first-order valence-electron chi connectivity index (χ1n) is 9.64. The van der Waals surface area contributed by atoms with E-state index in [0.29, 0.717) is 31.2 Å². The molecule has 2 aromatic carbocycles. The topological polar surface area (TPSA) is 62.7 Å². The van der Waals surface area contributed by atoms with Crippen molar-refractivity contribution in [2.45, 2.75) is 11.3 Å². The normalized spacial score (nSPS) is 15.3. The highest BCUT2D eigenvalue weighted by molar-refractivity contribution is 7.89. The predicted molar refractivity (Wildman–Crippen MR) is 125 cm³/mol. The van der Waals surface area contributed by atoms with E-state index in [2.05, 4.69) is 4.90 Å². The molecule has 0 atom stereocenters. The van der Waals surface area contributed by atoms with Crippen molar-refractivity contribution in [3.63, 3.8) is 0 Å². The van der Waals surface area contributed by atoms with Gasteiger partial charge in [0, 0.05) is 43.0 Å². The lowest BCUT2D eigenvalue weighted by molar-refractivity contribution is 0.384. The largest absolute Gasteiger partial charge is 0.497 e. The summed E-state index contributed by atoms with van der Waals surface area (Å²) in [6.45, 7) is 1.87. The van der Waals surface area contributed by atoms with Crippen LogP contribution in [0.2, 0.25) is 10.0 Å². The third kappa shape index (κ3) is 4.99. The standard InChI is InChI=1S/C21H21Cl2N3O3S2/c1-29-18-4-2-3-15(12-18)11-17-14-30-21(24-17)25-7-9-26(10-8-25)31(27,28)20-6-5-16(22)13-19(20)23/h2-6,12-14H,7-11H2,1H3. The molecule has 0 amide bonds. The van der Waals surface area contributed by atoms with Gasteiger partial charge in [-0.1, -0.05) is 35.3 Å². The second kappa shape index (κ2) is 9.34. The summed E-state index contributed by atoms with van der Waals surface area (Å²) in [4.78, 5) is 6.96. The average Bonchev–Trinajstić information content (AvgIpc) is 3.22. The van der Waals surface area contributed by atoms with Crippen molar-refractivity contribution in [2.75, 3.05) is 38.2 Å². The van der Waals surface area contributed by atoms with Crippen LogP contribution in [-0.4, -0.2) is 51.0 Å². The zero-order chi connectivity index (χ0) is 22.0. The Morgan fingerprint density at radius 3 is 2.58 bits per heavy atom. The molecule has 31 heavy (non-hydrogen) atoms. The highest BCUT2D eigenvalue weighted by Crippen LogP contribution is 2.29. The fraction of sp³-hybridized carbons (Fsp3) is 0.286. The van der Waals surface area contributed by atoms with Gasteiger partial charge in [0.15, 0.2) is 5.13 Å². The number of anilines is 1. The summed E-state index contributed by atoms with van der Waals surface area (Å²) < 4.78 is 32.7. The number of thiazole rings is 1.